The second kappa shape index (κ2) is 18.7. The first-order valence-corrected chi connectivity index (χ1v) is 19.0. The molecule has 0 bridgehead atoms. The molecule has 0 spiro atoms. The highest BCUT2D eigenvalue weighted by Gasteiger charge is 2.20. The third-order valence-corrected chi connectivity index (χ3v) is 8.65. The molecule has 0 fully saturated rings. The molecule has 0 amide bonds. The normalized spacial score (nSPS) is 10.8. The molecule has 0 atom stereocenters. The summed E-state index contributed by atoms with van der Waals surface area (Å²) in [6.07, 6.45) is 4.82. The summed E-state index contributed by atoms with van der Waals surface area (Å²) in [5, 5.41) is 0.387. The minimum absolute atomic E-state index is 0.0950. The second-order valence-electron chi connectivity index (χ2n) is 9.56. The number of anilines is 2. The van der Waals surface area contributed by atoms with Gasteiger partial charge in [-0.1, -0.05) is 39.1 Å². The molecule has 264 valence electrons. The minimum atomic E-state index is -3.66. The van der Waals surface area contributed by atoms with E-state index in [0.717, 1.165) is 34.6 Å². The maximum Gasteiger partial charge on any atom is 0.339 e. The summed E-state index contributed by atoms with van der Waals surface area (Å²) < 4.78 is 83.8. The minimum Gasteiger partial charge on any atom is -0.465 e. The molecule has 2 heterocycles. The first-order chi connectivity index (χ1) is 22.9. The zero-order valence-electron chi connectivity index (χ0n) is 26.2. The number of sulfonamides is 2. The molecule has 4 aromatic rings. The lowest BCUT2D eigenvalue weighted by Crippen LogP contribution is -2.29. The molecule has 2 aromatic heterocycles. The van der Waals surface area contributed by atoms with Crippen molar-refractivity contribution in [1.82, 2.24) is 9.97 Å². The van der Waals surface area contributed by atoms with Crippen molar-refractivity contribution in [3.05, 3.63) is 117 Å². The van der Waals surface area contributed by atoms with E-state index in [4.69, 9.17) is 23.2 Å². The van der Waals surface area contributed by atoms with Gasteiger partial charge in [-0.05, 0) is 60.7 Å². The maximum absolute atomic E-state index is 13.3. The Morgan fingerprint density at radius 1 is 0.796 bits per heavy atom. The van der Waals surface area contributed by atoms with Crippen LogP contribution in [-0.4, -0.2) is 65.5 Å². The van der Waals surface area contributed by atoms with Crippen LogP contribution in [0, 0.1) is 11.6 Å². The van der Waals surface area contributed by atoms with Gasteiger partial charge >= 0.3 is 11.9 Å². The highest BCUT2D eigenvalue weighted by molar-refractivity contribution is 9.08. The molecule has 0 aliphatic rings. The van der Waals surface area contributed by atoms with Gasteiger partial charge in [-0.2, -0.15) is 0 Å². The smallest absolute Gasteiger partial charge is 0.339 e. The molecule has 0 saturated carbocycles. The monoisotopic (exact) mass is 824 g/mol. The van der Waals surface area contributed by atoms with Crippen LogP contribution in [0.2, 0.25) is 10.0 Å². The number of carbonyl (C=O) groups is 2. The summed E-state index contributed by atoms with van der Waals surface area (Å²) in [6, 6.07) is 13.7. The van der Waals surface area contributed by atoms with E-state index in [9.17, 15) is 35.2 Å². The third kappa shape index (κ3) is 13.9. The van der Waals surface area contributed by atoms with Gasteiger partial charge in [0.25, 0.3) is 0 Å². The van der Waals surface area contributed by atoms with E-state index in [1.165, 1.54) is 63.0 Å². The average Bonchev–Trinajstić information content (AvgIpc) is 3.05. The molecular formula is C30H29BrCl2F2N4O8S2. The summed E-state index contributed by atoms with van der Waals surface area (Å²) in [4.78, 5) is 30.4. The van der Waals surface area contributed by atoms with E-state index in [0.29, 0.717) is 16.6 Å². The molecule has 0 saturated heterocycles. The maximum atomic E-state index is 13.3. The van der Waals surface area contributed by atoms with Crippen LogP contribution >= 0.6 is 39.1 Å². The lowest BCUT2D eigenvalue weighted by molar-refractivity contribution is 0.0591. The van der Waals surface area contributed by atoms with Crippen LogP contribution < -0.4 is 9.03 Å². The number of hydrogen-bond acceptors (Lipinski definition) is 10. The van der Waals surface area contributed by atoms with Gasteiger partial charge < -0.3 is 9.47 Å². The van der Waals surface area contributed by atoms with Crippen molar-refractivity contribution < 1.29 is 44.7 Å². The van der Waals surface area contributed by atoms with E-state index in [-0.39, 0.29) is 39.5 Å². The van der Waals surface area contributed by atoms with Gasteiger partial charge in [-0.15, -0.1) is 0 Å². The molecule has 0 aliphatic carbocycles. The highest BCUT2D eigenvalue weighted by Crippen LogP contribution is 2.26. The predicted molar refractivity (Wildman–Crippen MR) is 186 cm³/mol. The molecular weight excluding hydrogens is 797 g/mol. The summed E-state index contributed by atoms with van der Waals surface area (Å²) in [5.74, 6) is -2.13. The van der Waals surface area contributed by atoms with Crippen molar-refractivity contribution in [3.63, 3.8) is 0 Å². The molecule has 0 radical (unpaired) electrons. The van der Waals surface area contributed by atoms with Crippen LogP contribution in [0.3, 0.4) is 0 Å². The number of benzene rings is 2. The molecule has 2 aromatic carbocycles. The molecule has 19 heteroatoms. The van der Waals surface area contributed by atoms with Crippen molar-refractivity contribution in [1.29, 1.82) is 0 Å². The Morgan fingerprint density at radius 3 is 1.67 bits per heavy atom. The number of carbonyl (C=O) groups excluding carboxylic acids is 2. The second-order valence-corrected chi connectivity index (χ2v) is 14.6. The molecule has 1 N–H and O–H groups in total. The number of esters is 2. The zero-order valence-corrected chi connectivity index (χ0v) is 30.9. The number of methoxy groups -OCH3 is 2. The first kappa shape index (κ1) is 41.3. The fraction of sp³-hybridized carbons (Fsp3) is 0.200. The molecule has 4 rings (SSSR count). The van der Waals surface area contributed by atoms with Crippen LogP contribution in [0.5, 0.6) is 0 Å². The van der Waals surface area contributed by atoms with E-state index in [1.54, 1.807) is 12.1 Å². The van der Waals surface area contributed by atoms with Crippen LogP contribution in [0.25, 0.3) is 0 Å². The fourth-order valence-electron chi connectivity index (χ4n) is 3.46. The molecule has 0 aliphatic heterocycles. The fourth-order valence-corrected chi connectivity index (χ4v) is 5.57. The number of nitrogens with one attached hydrogen (secondary N) is 1. The van der Waals surface area contributed by atoms with Gasteiger partial charge in [0.15, 0.2) is 0 Å². The van der Waals surface area contributed by atoms with Crippen molar-refractivity contribution in [2.75, 3.05) is 35.8 Å². The Balaban J connectivity index is 0.000000281. The number of alkyl halides is 1. The summed E-state index contributed by atoms with van der Waals surface area (Å²) in [6.45, 7) is -0.0950. The highest BCUT2D eigenvalue weighted by atomic mass is 79.9. The van der Waals surface area contributed by atoms with Gasteiger partial charge in [0.2, 0.25) is 20.0 Å². The van der Waals surface area contributed by atoms with Crippen LogP contribution in [-0.2, 0) is 41.4 Å². The van der Waals surface area contributed by atoms with Gasteiger partial charge in [0.05, 0.1) is 77.2 Å². The van der Waals surface area contributed by atoms with Crippen LogP contribution in [0.15, 0.2) is 73.1 Å². The topological polar surface area (TPSA) is 162 Å². The van der Waals surface area contributed by atoms with Crippen molar-refractivity contribution in [3.8, 4) is 0 Å². The van der Waals surface area contributed by atoms with Crippen molar-refractivity contribution >= 4 is 82.5 Å². The van der Waals surface area contributed by atoms with E-state index < -0.39 is 37.7 Å². The summed E-state index contributed by atoms with van der Waals surface area (Å²) in [7, 11) is -4.40. The summed E-state index contributed by atoms with van der Waals surface area (Å²) >= 11 is 14.4. The Bertz CT molecular complexity index is 1980. The number of aromatic nitrogens is 2. The first-order valence-electron chi connectivity index (χ1n) is 13.4. The number of hydrogen-bond donors (Lipinski definition) is 1. The number of pyridine rings is 2. The van der Waals surface area contributed by atoms with E-state index >= 15 is 0 Å². The average molecular weight is 827 g/mol. The Labute approximate surface area is 300 Å². The van der Waals surface area contributed by atoms with Gasteiger partial charge in [0.1, 0.15) is 11.6 Å². The van der Waals surface area contributed by atoms with Crippen molar-refractivity contribution in [2.24, 2.45) is 0 Å². The van der Waals surface area contributed by atoms with Gasteiger partial charge in [-0.25, -0.2) is 35.2 Å². The molecule has 0 unspecified atom stereocenters. The van der Waals surface area contributed by atoms with Gasteiger partial charge in [0, 0.05) is 17.7 Å². The largest absolute Gasteiger partial charge is 0.465 e. The number of nitrogens with zero attached hydrogens (tertiary/aromatic N) is 3. The lowest BCUT2D eigenvalue weighted by Gasteiger charge is -2.22. The van der Waals surface area contributed by atoms with Crippen molar-refractivity contribution in [2.45, 2.75) is 11.9 Å². The number of ether oxygens (including phenoxy) is 2. The predicted octanol–water partition coefficient (Wildman–Crippen LogP) is 6.24. The van der Waals surface area contributed by atoms with E-state index in [1.807, 2.05) is 0 Å². The SMILES string of the molecule is COC(=O)c1ccc(CBr)nc1.COC(=O)c1ccc(CN(c2ccc(F)c(Cl)c2)S(C)(=O)=O)nc1.CS(=O)(=O)Nc1ccc(F)c(Cl)c1. The quantitative estimate of drug-likeness (QED) is 0.151. The number of rotatable bonds is 9. The lowest BCUT2D eigenvalue weighted by atomic mass is 10.2. The Morgan fingerprint density at radius 2 is 1.29 bits per heavy atom. The van der Waals surface area contributed by atoms with Crippen LogP contribution in [0.4, 0.5) is 20.2 Å². The van der Waals surface area contributed by atoms with Crippen LogP contribution in [0.1, 0.15) is 32.1 Å². The standard InChI is InChI=1S/C15H14ClFN2O4S.C8H8BrNO2.C7H7ClFNO2S/c1-23-15(20)10-3-4-11(18-8-10)9-19(24(2,21)22)12-5-6-14(17)13(16)7-12;1-12-8(11)6-2-3-7(4-9)10-5-6;1-13(11,12)10-5-2-3-7(9)6(8)4-5/h3-8H,9H2,1-2H3;2-3,5H,4H2,1H3;2-4,10H,1H3. The Hall–Kier alpha value is -3.90. The van der Waals surface area contributed by atoms with E-state index in [2.05, 4.69) is 40.1 Å². The molecule has 12 nitrogen and oxygen atoms in total. The zero-order chi connectivity index (χ0) is 36.9. The summed E-state index contributed by atoms with van der Waals surface area (Å²) in [5.41, 5.74) is 2.46. The Kier molecular flexibility index (Phi) is 15.8. The number of halogens is 5. The van der Waals surface area contributed by atoms with Gasteiger partial charge in [-0.3, -0.25) is 19.0 Å². The molecule has 49 heavy (non-hydrogen) atoms. The third-order valence-electron chi connectivity index (χ3n) is 5.75.